The van der Waals surface area contributed by atoms with Gasteiger partial charge < -0.3 is 5.32 Å². The van der Waals surface area contributed by atoms with Gasteiger partial charge in [-0.2, -0.15) is 15.2 Å². The van der Waals surface area contributed by atoms with Gasteiger partial charge in [0.2, 0.25) is 5.95 Å². The number of aryl methyl sites for hydroxylation is 1. The second-order valence-corrected chi connectivity index (χ2v) is 6.31. The van der Waals surface area contributed by atoms with Crippen LogP contribution in [0.15, 0.2) is 30.6 Å². The average Bonchev–Trinajstić information content (AvgIpc) is 3.33. The standard InChI is InChI=1S/C17H20N8O/c1-25-17(21-15(24-25)11-5-7-18-8-6-11)22-16(26)13-4-2-3-12(9-13)14-19-10-20-23-14/h2-4,9-11,18H,5-8H2,1H3,(H,19,20,23)(H,21,22,24,26). The molecule has 0 aliphatic carbocycles. The molecule has 0 saturated carbocycles. The molecular formula is C17H20N8O. The third-order valence-corrected chi connectivity index (χ3v) is 4.52. The van der Waals surface area contributed by atoms with Crippen molar-refractivity contribution in [2.45, 2.75) is 18.8 Å². The van der Waals surface area contributed by atoms with E-state index >= 15 is 0 Å². The molecule has 9 nitrogen and oxygen atoms in total. The fourth-order valence-electron chi connectivity index (χ4n) is 3.09. The van der Waals surface area contributed by atoms with Crippen molar-refractivity contribution in [3.8, 4) is 11.4 Å². The number of hydrogen-bond donors (Lipinski definition) is 3. The Hall–Kier alpha value is -3.07. The molecule has 0 spiro atoms. The fourth-order valence-corrected chi connectivity index (χ4v) is 3.09. The number of amides is 1. The highest BCUT2D eigenvalue weighted by atomic mass is 16.1. The lowest BCUT2D eigenvalue weighted by atomic mass is 9.98. The van der Waals surface area contributed by atoms with E-state index in [9.17, 15) is 4.79 Å². The number of benzene rings is 1. The highest BCUT2D eigenvalue weighted by Gasteiger charge is 2.21. The van der Waals surface area contributed by atoms with Gasteiger partial charge in [-0.1, -0.05) is 12.1 Å². The molecule has 2 aromatic heterocycles. The van der Waals surface area contributed by atoms with Crippen LogP contribution in [0.1, 0.15) is 34.9 Å². The van der Waals surface area contributed by atoms with Gasteiger partial charge in [-0.25, -0.2) is 9.67 Å². The maximum Gasteiger partial charge on any atom is 0.258 e. The molecule has 0 atom stereocenters. The van der Waals surface area contributed by atoms with E-state index in [1.54, 1.807) is 23.9 Å². The molecule has 1 fully saturated rings. The van der Waals surface area contributed by atoms with Crippen LogP contribution in [-0.4, -0.2) is 48.9 Å². The van der Waals surface area contributed by atoms with E-state index in [1.165, 1.54) is 6.33 Å². The van der Waals surface area contributed by atoms with Crippen molar-refractivity contribution in [2.75, 3.05) is 18.4 Å². The van der Waals surface area contributed by atoms with Crippen molar-refractivity contribution in [1.29, 1.82) is 0 Å². The van der Waals surface area contributed by atoms with Gasteiger partial charge in [0, 0.05) is 24.1 Å². The van der Waals surface area contributed by atoms with Gasteiger partial charge >= 0.3 is 0 Å². The first-order valence-corrected chi connectivity index (χ1v) is 8.59. The molecule has 0 radical (unpaired) electrons. The highest BCUT2D eigenvalue weighted by Crippen LogP contribution is 2.23. The zero-order chi connectivity index (χ0) is 17.9. The Balaban J connectivity index is 1.51. The Morgan fingerprint density at radius 1 is 1.31 bits per heavy atom. The second kappa shape index (κ2) is 7.04. The van der Waals surface area contributed by atoms with Crippen LogP contribution >= 0.6 is 0 Å². The fraction of sp³-hybridized carbons (Fsp3) is 0.353. The number of aromatic nitrogens is 6. The molecule has 1 saturated heterocycles. The van der Waals surface area contributed by atoms with Gasteiger partial charge in [0.25, 0.3) is 5.91 Å². The predicted octanol–water partition coefficient (Wildman–Crippen LogP) is 1.32. The monoisotopic (exact) mass is 352 g/mol. The number of anilines is 1. The quantitative estimate of drug-likeness (QED) is 0.653. The number of carbonyl (C=O) groups excluding carboxylic acids is 1. The first-order valence-electron chi connectivity index (χ1n) is 8.59. The highest BCUT2D eigenvalue weighted by molar-refractivity contribution is 6.04. The van der Waals surface area contributed by atoms with E-state index in [2.05, 4.69) is 35.9 Å². The lowest BCUT2D eigenvalue weighted by molar-refractivity contribution is 0.102. The Morgan fingerprint density at radius 2 is 2.15 bits per heavy atom. The molecule has 0 bridgehead atoms. The molecule has 4 rings (SSSR count). The minimum Gasteiger partial charge on any atom is -0.317 e. The SMILES string of the molecule is Cn1nc(C2CCNCC2)nc1NC(=O)c1cccc(-c2ncn[nH]2)c1. The molecule has 3 N–H and O–H groups in total. The summed E-state index contributed by atoms with van der Waals surface area (Å²) in [5.41, 5.74) is 1.31. The van der Waals surface area contributed by atoms with Crippen LogP contribution in [0.2, 0.25) is 0 Å². The van der Waals surface area contributed by atoms with Crippen LogP contribution in [-0.2, 0) is 7.05 Å². The lowest BCUT2D eigenvalue weighted by Gasteiger charge is -2.19. The summed E-state index contributed by atoms with van der Waals surface area (Å²) in [5, 5.41) is 17.3. The molecule has 3 aromatic rings. The van der Waals surface area contributed by atoms with Crippen molar-refractivity contribution in [1.82, 2.24) is 35.3 Å². The molecule has 134 valence electrons. The summed E-state index contributed by atoms with van der Waals surface area (Å²) in [6.45, 7) is 1.94. The van der Waals surface area contributed by atoms with Gasteiger partial charge in [0.05, 0.1) is 0 Å². The molecule has 0 unspecified atom stereocenters. The molecule has 1 aliphatic rings. The maximum atomic E-state index is 12.6. The second-order valence-electron chi connectivity index (χ2n) is 6.31. The van der Waals surface area contributed by atoms with Crippen LogP contribution in [0.5, 0.6) is 0 Å². The molecule has 9 heteroatoms. The summed E-state index contributed by atoms with van der Waals surface area (Å²) in [6, 6.07) is 7.19. The zero-order valence-electron chi connectivity index (χ0n) is 14.4. The number of H-pyrrole nitrogens is 1. The summed E-state index contributed by atoms with van der Waals surface area (Å²) in [5.74, 6) is 1.96. The first-order chi connectivity index (χ1) is 12.7. The van der Waals surface area contributed by atoms with Crippen molar-refractivity contribution in [3.05, 3.63) is 42.0 Å². The molecule has 26 heavy (non-hydrogen) atoms. The van der Waals surface area contributed by atoms with Gasteiger partial charge in [-0.3, -0.25) is 15.2 Å². The lowest BCUT2D eigenvalue weighted by Crippen LogP contribution is -2.27. The van der Waals surface area contributed by atoms with Crippen LogP contribution in [0, 0.1) is 0 Å². The number of hydrogen-bond acceptors (Lipinski definition) is 6. The Bertz CT molecular complexity index is 895. The molecule has 1 aromatic carbocycles. The van der Waals surface area contributed by atoms with Gasteiger partial charge in [0.15, 0.2) is 11.6 Å². The third kappa shape index (κ3) is 3.33. The number of rotatable bonds is 4. The summed E-state index contributed by atoms with van der Waals surface area (Å²) in [7, 11) is 1.79. The van der Waals surface area contributed by atoms with Gasteiger partial charge in [-0.05, 0) is 38.1 Å². The van der Waals surface area contributed by atoms with E-state index in [-0.39, 0.29) is 5.91 Å². The normalized spacial score (nSPS) is 15.1. The number of nitrogens with zero attached hydrogens (tertiary/aromatic N) is 5. The topological polar surface area (TPSA) is 113 Å². The number of nitrogens with one attached hydrogen (secondary N) is 3. The van der Waals surface area contributed by atoms with Crippen LogP contribution in [0.4, 0.5) is 5.95 Å². The van der Waals surface area contributed by atoms with Crippen LogP contribution < -0.4 is 10.6 Å². The molecular weight excluding hydrogens is 332 g/mol. The van der Waals surface area contributed by atoms with Crippen LogP contribution in [0.25, 0.3) is 11.4 Å². The maximum absolute atomic E-state index is 12.6. The average molecular weight is 352 g/mol. The predicted molar refractivity (Wildman–Crippen MR) is 95.6 cm³/mol. The summed E-state index contributed by atoms with van der Waals surface area (Å²) in [4.78, 5) is 21.3. The van der Waals surface area contributed by atoms with E-state index in [0.717, 1.165) is 37.3 Å². The van der Waals surface area contributed by atoms with Gasteiger partial charge in [-0.15, -0.1) is 0 Å². The van der Waals surface area contributed by atoms with E-state index < -0.39 is 0 Å². The van der Waals surface area contributed by atoms with Crippen molar-refractivity contribution in [3.63, 3.8) is 0 Å². The van der Waals surface area contributed by atoms with E-state index in [4.69, 9.17) is 0 Å². The Morgan fingerprint density at radius 3 is 2.92 bits per heavy atom. The molecule has 1 amide bonds. The Kier molecular flexibility index (Phi) is 4.44. The van der Waals surface area contributed by atoms with E-state index in [0.29, 0.717) is 23.3 Å². The Labute approximate surface area is 150 Å². The molecule has 3 heterocycles. The summed E-state index contributed by atoms with van der Waals surface area (Å²) >= 11 is 0. The largest absolute Gasteiger partial charge is 0.317 e. The van der Waals surface area contributed by atoms with Crippen molar-refractivity contribution in [2.24, 2.45) is 7.05 Å². The smallest absolute Gasteiger partial charge is 0.258 e. The number of piperidine rings is 1. The van der Waals surface area contributed by atoms with Crippen LogP contribution in [0.3, 0.4) is 0 Å². The zero-order valence-corrected chi connectivity index (χ0v) is 14.4. The van der Waals surface area contributed by atoms with Gasteiger partial charge in [0.1, 0.15) is 6.33 Å². The van der Waals surface area contributed by atoms with E-state index in [1.807, 2.05) is 12.1 Å². The van der Waals surface area contributed by atoms with Crippen molar-refractivity contribution < 1.29 is 4.79 Å². The first kappa shape index (κ1) is 16.4. The summed E-state index contributed by atoms with van der Waals surface area (Å²) in [6.07, 6.45) is 3.46. The third-order valence-electron chi connectivity index (χ3n) is 4.52. The minimum absolute atomic E-state index is 0.237. The minimum atomic E-state index is -0.237. The number of aromatic amines is 1. The number of carbonyl (C=O) groups is 1. The summed E-state index contributed by atoms with van der Waals surface area (Å²) < 4.78 is 1.62. The van der Waals surface area contributed by atoms with Crippen molar-refractivity contribution >= 4 is 11.9 Å². The molecule has 1 aliphatic heterocycles.